The second-order valence-corrected chi connectivity index (χ2v) is 7.66. The van der Waals surface area contributed by atoms with Gasteiger partial charge in [-0.3, -0.25) is 14.9 Å². The number of benzene rings is 3. The van der Waals surface area contributed by atoms with E-state index >= 15 is 0 Å². The quantitative estimate of drug-likeness (QED) is 0.309. The second-order valence-electron chi connectivity index (χ2n) is 7.66. The van der Waals surface area contributed by atoms with Crippen LogP contribution >= 0.6 is 0 Å². The number of aryl methyl sites for hydroxylation is 1. The molecule has 7 nitrogen and oxygen atoms in total. The number of hydrogen-bond donors (Lipinski definition) is 3. The lowest BCUT2D eigenvalue weighted by Gasteiger charge is -2.07. The zero-order valence-corrected chi connectivity index (χ0v) is 18.1. The van der Waals surface area contributed by atoms with Crippen molar-refractivity contribution in [2.45, 2.75) is 20.0 Å². The van der Waals surface area contributed by atoms with Crippen LogP contribution in [0, 0.1) is 12.3 Å². The van der Waals surface area contributed by atoms with Gasteiger partial charge in [0.2, 0.25) is 0 Å². The van der Waals surface area contributed by atoms with E-state index < -0.39 is 0 Å². The highest BCUT2D eigenvalue weighted by molar-refractivity contribution is 5.98. The van der Waals surface area contributed by atoms with Crippen molar-refractivity contribution in [3.63, 3.8) is 0 Å². The largest absolute Gasteiger partial charge is 0.497 e. The number of amides is 1. The molecule has 7 heteroatoms. The SMILES string of the molecule is COc1ccc2cc(C(=O)NCc3cc(C)n(Cc4cccc(C(=N)N)c4)n3)ccc2c1. The zero-order chi connectivity index (χ0) is 22.7. The molecule has 0 bridgehead atoms. The lowest BCUT2D eigenvalue weighted by atomic mass is 10.1. The Kier molecular flexibility index (Phi) is 5.89. The van der Waals surface area contributed by atoms with Crippen molar-refractivity contribution in [1.29, 1.82) is 5.41 Å². The van der Waals surface area contributed by atoms with Crippen molar-refractivity contribution in [2.24, 2.45) is 5.73 Å². The summed E-state index contributed by atoms with van der Waals surface area (Å²) in [6, 6.07) is 20.9. The number of carbonyl (C=O) groups excluding carboxylic acids is 1. The number of nitrogens with zero attached hydrogens (tertiary/aromatic N) is 2. The number of ether oxygens (including phenoxy) is 1. The fraction of sp³-hybridized carbons (Fsp3) is 0.160. The molecule has 0 radical (unpaired) electrons. The summed E-state index contributed by atoms with van der Waals surface area (Å²) in [7, 11) is 1.63. The van der Waals surface area contributed by atoms with E-state index in [4.69, 9.17) is 15.9 Å². The summed E-state index contributed by atoms with van der Waals surface area (Å²) in [4.78, 5) is 12.7. The predicted octanol–water partition coefficient (Wildman–Crippen LogP) is 3.62. The Labute approximate surface area is 186 Å². The van der Waals surface area contributed by atoms with Crippen LogP contribution in [0.4, 0.5) is 0 Å². The summed E-state index contributed by atoms with van der Waals surface area (Å²) in [6.45, 7) is 2.88. The molecule has 0 aliphatic carbocycles. The molecule has 4 aromatic rings. The number of hydrogen-bond acceptors (Lipinski definition) is 4. The molecule has 0 spiro atoms. The monoisotopic (exact) mass is 427 g/mol. The lowest BCUT2D eigenvalue weighted by Crippen LogP contribution is -2.23. The van der Waals surface area contributed by atoms with Crippen molar-refractivity contribution < 1.29 is 9.53 Å². The summed E-state index contributed by atoms with van der Waals surface area (Å²) in [5.41, 5.74) is 9.65. The molecule has 4 N–H and O–H groups in total. The van der Waals surface area contributed by atoms with Crippen molar-refractivity contribution in [3.05, 3.63) is 94.8 Å². The molecular formula is C25H25N5O2. The molecule has 0 aliphatic rings. The average Bonchev–Trinajstić information content (AvgIpc) is 3.15. The van der Waals surface area contributed by atoms with Crippen LogP contribution in [0.2, 0.25) is 0 Å². The fourth-order valence-corrected chi connectivity index (χ4v) is 3.60. The highest BCUT2D eigenvalue weighted by Crippen LogP contribution is 2.22. The molecule has 4 rings (SSSR count). The maximum atomic E-state index is 12.7. The molecule has 3 aromatic carbocycles. The number of nitrogens with one attached hydrogen (secondary N) is 2. The maximum absolute atomic E-state index is 12.7. The van der Waals surface area contributed by atoms with Gasteiger partial charge in [0.15, 0.2) is 0 Å². The van der Waals surface area contributed by atoms with Gasteiger partial charge in [0, 0.05) is 16.8 Å². The van der Waals surface area contributed by atoms with Crippen LogP contribution in [-0.2, 0) is 13.1 Å². The molecule has 0 aliphatic heterocycles. The highest BCUT2D eigenvalue weighted by atomic mass is 16.5. The first-order valence-electron chi connectivity index (χ1n) is 10.3. The number of nitrogens with two attached hydrogens (primary N) is 1. The third-order valence-electron chi connectivity index (χ3n) is 5.34. The maximum Gasteiger partial charge on any atom is 0.251 e. The topological polar surface area (TPSA) is 106 Å². The summed E-state index contributed by atoms with van der Waals surface area (Å²) in [6.07, 6.45) is 0. The van der Waals surface area contributed by atoms with E-state index in [2.05, 4.69) is 10.4 Å². The number of aromatic nitrogens is 2. The van der Waals surface area contributed by atoms with Gasteiger partial charge < -0.3 is 15.8 Å². The average molecular weight is 428 g/mol. The minimum Gasteiger partial charge on any atom is -0.497 e. The van der Waals surface area contributed by atoms with E-state index in [0.29, 0.717) is 24.2 Å². The third kappa shape index (κ3) is 4.62. The Morgan fingerprint density at radius 3 is 2.62 bits per heavy atom. The number of nitrogen functional groups attached to an aromatic ring is 1. The van der Waals surface area contributed by atoms with Crippen molar-refractivity contribution in [2.75, 3.05) is 7.11 Å². The van der Waals surface area contributed by atoms with Gasteiger partial charge in [-0.1, -0.05) is 30.3 Å². The van der Waals surface area contributed by atoms with Crippen LogP contribution in [-0.4, -0.2) is 28.6 Å². The van der Waals surface area contributed by atoms with Crippen LogP contribution in [0.1, 0.15) is 32.9 Å². The fourth-order valence-electron chi connectivity index (χ4n) is 3.60. The van der Waals surface area contributed by atoms with E-state index in [1.165, 1.54) is 0 Å². The first-order valence-corrected chi connectivity index (χ1v) is 10.3. The van der Waals surface area contributed by atoms with E-state index in [0.717, 1.165) is 33.5 Å². The van der Waals surface area contributed by atoms with Crippen molar-refractivity contribution in [1.82, 2.24) is 15.1 Å². The molecule has 0 atom stereocenters. The van der Waals surface area contributed by atoms with Crippen LogP contribution in [0.15, 0.2) is 66.7 Å². The molecule has 0 saturated heterocycles. The molecule has 1 amide bonds. The van der Waals surface area contributed by atoms with Crippen LogP contribution in [0.3, 0.4) is 0 Å². The Bertz CT molecular complexity index is 1310. The number of fused-ring (bicyclic) bond motifs is 1. The Balaban J connectivity index is 1.43. The minimum atomic E-state index is -0.149. The Morgan fingerprint density at radius 1 is 1.06 bits per heavy atom. The van der Waals surface area contributed by atoms with E-state index in [-0.39, 0.29) is 11.7 Å². The zero-order valence-electron chi connectivity index (χ0n) is 18.1. The van der Waals surface area contributed by atoms with Crippen LogP contribution < -0.4 is 15.8 Å². The third-order valence-corrected chi connectivity index (χ3v) is 5.34. The van der Waals surface area contributed by atoms with E-state index in [1.807, 2.05) is 78.3 Å². The lowest BCUT2D eigenvalue weighted by molar-refractivity contribution is 0.0950. The summed E-state index contributed by atoms with van der Waals surface area (Å²) < 4.78 is 7.13. The minimum absolute atomic E-state index is 0.0419. The van der Waals surface area contributed by atoms with E-state index in [1.54, 1.807) is 7.11 Å². The molecule has 1 aromatic heterocycles. The van der Waals surface area contributed by atoms with Gasteiger partial charge in [-0.25, -0.2) is 0 Å². The van der Waals surface area contributed by atoms with Gasteiger partial charge in [0.05, 0.1) is 25.9 Å². The Hall–Kier alpha value is -4.13. The van der Waals surface area contributed by atoms with Gasteiger partial charge in [-0.05, 0) is 59.7 Å². The van der Waals surface area contributed by atoms with Gasteiger partial charge in [-0.15, -0.1) is 0 Å². The number of methoxy groups -OCH3 is 1. The molecule has 0 saturated carbocycles. The standard InChI is InChI=1S/C25H25N5O2/c1-16-10-22(29-30(16)15-17-4-3-5-20(11-17)24(26)27)14-28-25(31)21-7-6-19-13-23(32-2)9-8-18(19)12-21/h3-13H,14-15H2,1-2H3,(H3,26,27)(H,28,31). The molecule has 0 fully saturated rings. The van der Waals surface area contributed by atoms with Gasteiger partial charge in [-0.2, -0.15) is 5.10 Å². The smallest absolute Gasteiger partial charge is 0.251 e. The van der Waals surface area contributed by atoms with Gasteiger partial charge in [0.1, 0.15) is 11.6 Å². The summed E-state index contributed by atoms with van der Waals surface area (Å²) >= 11 is 0. The molecule has 0 unspecified atom stereocenters. The summed E-state index contributed by atoms with van der Waals surface area (Å²) in [5, 5.41) is 17.2. The second kappa shape index (κ2) is 8.93. The van der Waals surface area contributed by atoms with Crippen LogP contribution in [0.25, 0.3) is 10.8 Å². The highest BCUT2D eigenvalue weighted by Gasteiger charge is 2.10. The van der Waals surface area contributed by atoms with Crippen molar-refractivity contribution in [3.8, 4) is 5.75 Å². The van der Waals surface area contributed by atoms with Gasteiger partial charge >= 0.3 is 0 Å². The number of amidine groups is 1. The van der Waals surface area contributed by atoms with E-state index in [9.17, 15) is 4.79 Å². The molecule has 162 valence electrons. The first-order chi connectivity index (χ1) is 15.4. The normalized spacial score (nSPS) is 10.8. The molecular weight excluding hydrogens is 402 g/mol. The molecule has 1 heterocycles. The molecule has 32 heavy (non-hydrogen) atoms. The summed E-state index contributed by atoms with van der Waals surface area (Å²) in [5.74, 6) is 0.679. The Morgan fingerprint density at radius 2 is 1.84 bits per heavy atom. The van der Waals surface area contributed by atoms with Crippen molar-refractivity contribution >= 4 is 22.5 Å². The van der Waals surface area contributed by atoms with Crippen LogP contribution in [0.5, 0.6) is 5.75 Å². The number of carbonyl (C=O) groups is 1. The predicted molar refractivity (Wildman–Crippen MR) is 125 cm³/mol. The number of rotatable bonds is 7. The van der Waals surface area contributed by atoms with Gasteiger partial charge in [0.25, 0.3) is 5.91 Å². The first kappa shape index (κ1) is 21.1.